The van der Waals surface area contributed by atoms with Crippen LogP contribution in [0.3, 0.4) is 0 Å². The van der Waals surface area contributed by atoms with Crippen molar-refractivity contribution in [2.24, 2.45) is 7.05 Å². The lowest BCUT2D eigenvalue weighted by Crippen LogP contribution is -2.02. The number of carboxylic acid groups (broad SMARTS) is 1. The minimum Gasteiger partial charge on any atom is -0.481 e. The molecule has 19 heavy (non-hydrogen) atoms. The Morgan fingerprint density at radius 3 is 2.89 bits per heavy atom. The Morgan fingerprint density at radius 2 is 2.26 bits per heavy atom. The van der Waals surface area contributed by atoms with E-state index in [-0.39, 0.29) is 12.3 Å². The van der Waals surface area contributed by atoms with Crippen LogP contribution in [0.5, 0.6) is 0 Å². The first-order valence-electron chi connectivity index (χ1n) is 6.74. The van der Waals surface area contributed by atoms with E-state index < -0.39 is 5.97 Å². The van der Waals surface area contributed by atoms with Crippen LogP contribution in [0.1, 0.15) is 49.4 Å². The van der Waals surface area contributed by atoms with Crippen molar-refractivity contribution in [3.8, 4) is 0 Å². The van der Waals surface area contributed by atoms with Gasteiger partial charge < -0.3 is 9.67 Å². The maximum absolute atomic E-state index is 10.8. The van der Waals surface area contributed by atoms with Gasteiger partial charge in [-0.2, -0.15) is 0 Å². The van der Waals surface area contributed by atoms with Crippen molar-refractivity contribution in [3.05, 3.63) is 29.6 Å². The highest BCUT2D eigenvalue weighted by Crippen LogP contribution is 2.40. The van der Waals surface area contributed by atoms with Crippen LogP contribution in [0.15, 0.2) is 18.2 Å². The second-order valence-electron chi connectivity index (χ2n) is 5.55. The fourth-order valence-corrected chi connectivity index (χ4v) is 2.63. The van der Waals surface area contributed by atoms with E-state index in [1.54, 1.807) is 0 Å². The average Bonchev–Trinajstić information content (AvgIpc) is 3.14. The molecule has 0 aliphatic heterocycles. The third kappa shape index (κ3) is 2.23. The van der Waals surface area contributed by atoms with Crippen molar-refractivity contribution in [3.63, 3.8) is 0 Å². The van der Waals surface area contributed by atoms with E-state index in [2.05, 4.69) is 17.7 Å². The smallest absolute Gasteiger partial charge is 0.303 e. The van der Waals surface area contributed by atoms with Gasteiger partial charge in [0.2, 0.25) is 0 Å². The van der Waals surface area contributed by atoms with Crippen LogP contribution in [0.2, 0.25) is 0 Å². The first kappa shape index (κ1) is 12.2. The largest absolute Gasteiger partial charge is 0.481 e. The molecule has 1 heterocycles. The number of rotatable bonds is 4. The first-order valence-corrected chi connectivity index (χ1v) is 6.74. The van der Waals surface area contributed by atoms with E-state index in [1.165, 1.54) is 12.8 Å². The number of carbonyl (C=O) groups is 1. The van der Waals surface area contributed by atoms with Crippen LogP contribution in [0.25, 0.3) is 11.0 Å². The Morgan fingerprint density at radius 1 is 1.53 bits per heavy atom. The first-order chi connectivity index (χ1) is 9.06. The topological polar surface area (TPSA) is 55.1 Å². The molecule has 1 atom stereocenters. The second-order valence-corrected chi connectivity index (χ2v) is 5.55. The number of nitrogens with zero attached hydrogens (tertiary/aromatic N) is 2. The van der Waals surface area contributed by atoms with Gasteiger partial charge in [-0.3, -0.25) is 4.79 Å². The number of aromatic nitrogens is 2. The number of imidazole rings is 1. The van der Waals surface area contributed by atoms with Crippen molar-refractivity contribution in [2.75, 3.05) is 0 Å². The fraction of sp³-hybridized carbons (Fsp3) is 0.467. The minimum absolute atomic E-state index is 0.0216. The Bertz CT molecular complexity index is 641. The van der Waals surface area contributed by atoms with E-state index in [0.29, 0.717) is 5.92 Å². The molecule has 1 aromatic heterocycles. The van der Waals surface area contributed by atoms with Gasteiger partial charge in [0.25, 0.3) is 0 Å². The zero-order valence-electron chi connectivity index (χ0n) is 11.3. The van der Waals surface area contributed by atoms with Crippen molar-refractivity contribution >= 4 is 17.0 Å². The molecule has 1 aromatic carbocycles. The Kier molecular flexibility index (Phi) is 2.81. The standard InChI is InChI=1S/C15H18N2O2/c1-9(7-14(18)19)11-5-6-13-12(8-11)16-15(17(13)2)10-3-4-10/h5-6,8-10H,3-4,7H2,1-2H3,(H,18,19). The second kappa shape index (κ2) is 4.37. The maximum atomic E-state index is 10.8. The highest BCUT2D eigenvalue weighted by atomic mass is 16.4. The number of hydrogen-bond donors (Lipinski definition) is 1. The van der Waals surface area contributed by atoms with Crippen molar-refractivity contribution in [1.82, 2.24) is 9.55 Å². The van der Waals surface area contributed by atoms with Crippen molar-refractivity contribution in [2.45, 2.75) is 38.0 Å². The van der Waals surface area contributed by atoms with E-state index in [1.807, 2.05) is 19.1 Å². The summed E-state index contributed by atoms with van der Waals surface area (Å²) < 4.78 is 2.17. The predicted octanol–water partition coefficient (Wildman–Crippen LogP) is 3.03. The Labute approximate surface area is 112 Å². The summed E-state index contributed by atoms with van der Waals surface area (Å²) in [5.74, 6) is 1.05. The van der Waals surface area contributed by atoms with Gasteiger partial charge in [-0.05, 0) is 36.5 Å². The third-order valence-electron chi connectivity index (χ3n) is 3.93. The molecule has 1 saturated carbocycles. The number of benzene rings is 1. The highest BCUT2D eigenvalue weighted by molar-refractivity contribution is 5.77. The third-order valence-corrected chi connectivity index (χ3v) is 3.93. The molecule has 1 N–H and O–H groups in total. The SMILES string of the molecule is CC(CC(=O)O)c1ccc2c(c1)nc(C1CC1)n2C. The molecule has 0 saturated heterocycles. The lowest BCUT2D eigenvalue weighted by Gasteiger charge is -2.08. The van der Waals surface area contributed by atoms with Crippen LogP contribution in [0, 0.1) is 0 Å². The van der Waals surface area contributed by atoms with Gasteiger partial charge >= 0.3 is 5.97 Å². The molecule has 0 bridgehead atoms. The summed E-state index contributed by atoms with van der Waals surface area (Å²) in [5.41, 5.74) is 3.17. The van der Waals surface area contributed by atoms with Gasteiger partial charge in [-0.25, -0.2) is 4.98 Å². The summed E-state index contributed by atoms with van der Waals surface area (Å²) in [6.07, 6.45) is 2.63. The normalized spacial score (nSPS) is 16.7. The molecule has 1 fully saturated rings. The molecule has 1 aliphatic carbocycles. The summed E-state index contributed by atoms with van der Waals surface area (Å²) in [6.45, 7) is 1.94. The zero-order chi connectivity index (χ0) is 13.6. The highest BCUT2D eigenvalue weighted by Gasteiger charge is 2.28. The summed E-state index contributed by atoms with van der Waals surface area (Å²) >= 11 is 0. The molecule has 0 radical (unpaired) electrons. The fourth-order valence-electron chi connectivity index (χ4n) is 2.63. The lowest BCUT2D eigenvalue weighted by atomic mass is 9.97. The molecule has 3 rings (SSSR count). The lowest BCUT2D eigenvalue weighted by molar-refractivity contribution is -0.137. The molecule has 1 aliphatic rings. The Balaban J connectivity index is 1.98. The maximum Gasteiger partial charge on any atom is 0.303 e. The van der Waals surface area contributed by atoms with Crippen LogP contribution < -0.4 is 0 Å². The molecule has 100 valence electrons. The van der Waals surface area contributed by atoms with Gasteiger partial charge in [0.15, 0.2) is 0 Å². The van der Waals surface area contributed by atoms with Crippen molar-refractivity contribution in [1.29, 1.82) is 0 Å². The molecule has 2 aromatic rings. The summed E-state index contributed by atoms with van der Waals surface area (Å²) in [4.78, 5) is 15.5. The number of hydrogen-bond acceptors (Lipinski definition) is 2. The molecule has 0 amide bonds. The average molecular weight is 258 g/mol. The van der Waals surface area contributed by atoms with Gasteiger partial charge in [-0.15, -0.1) is 0 Å². The van der Waals surface area contributed by atoms with Crippen LogP contribution >= 0.6 is 0 Å². The quantitative estimate of drug-likeness (QED) is 0.917. The minimum atomic E-state index is -0.757. The summed E-state index contributed by atoms with van der Waals surface area (Å²) in [6, 6.07) is 6.12. The van der Waals surface area contributed by atoms with E-state index in [9.17, 15) is 4.79 Å². The number of aryl methyl sites for hydroxylation is 1. The van der Waals surface area contributed by atoms with Gasteiger partial charge in [-0.1, -0.05) is 13.0 Å². The zero-order valence-corrected chi connectivity index (χ0v) is 11.3. The van der Waals surface area contributed by atoms with E-state index in [0.717, 1.165) is 22.4 Å². The molecular weight excluding hydrogens is 240 g/mol. The van der Waals surface area contributed by atoms with Crippen LogP contribution in [-0.2, 0) is 11.8 Å². The van der Waals surface area contributed by atoms with E-state index >= 15 is 0 Å². The molecular formula is C15H18N2O2. The molecule has 0 spiro atoms. The molecule has 1 unspecified atom stereocenters. The summed E-state index contributed by atoms with van der Waals surface area (Å²) in [5, 5.41) is 8.87. The number of aliphatic carboxylic acids is 1. The number of carboxylic acids is 1. The van der Waals surface area contributed by atoms with Crippen molar-refractivity contribution < 1.29 is 9.90 Å². The number of fused-ring (bicyclic) bond motifs is 1. The monoisotopic (exact) mass is 258 g/mol. The van der Waals surface area contributed by atoms with Gasteiger partial charge in [0.05, 0.1) is 17.5 Å². The van der Waals surface area contributed by atoms with Gasteiger partial charge in [0.1, 0.15) is 5.82 Å². The summed E-state index contributed by atoms with van der Waals surface area (Å²) in [7, 11) is 2.06. The molecule has 4 heteroatoms. The Hall–Kier alpha value is -1.84. The van der Waals surface area contributed by atoms with E-state index in [4.69, 9.17) is 10.1 Å². The van der Waals surface area contributed by atoms with Crippen LogP contribution in [0.4, 0.5) is 0 Å². The van der Waals surface area contributed by atoms with Gasteiger partial charge in [0, 0.05) is 13.0 Å². The van der Waals surface area contributed by atoms with Crippen LogP contribution in [-0.4, -0.2) is 20.6 Å². The molecule has 4 nitrogen and oxygen atoms in total. The predicted molar refractivity (Wildman–Crippen MR) is 73.4 cm³/mol.